The Morgan fingerprint density at radius 1 is 1.06 bits per heavy atom. The van der Waals surface area contributed by atoms with Crippen molar-refractivity contribution in [1.29, 1.82) is 0 Å². The molecule has 0 aliphatic carbocycles. The number of benzene rings is 2. The van der Waals surface area contributed by atoms with Crippen LogP contribution in [0.2, 0.25) is 0 Å². The van der Waals surface area contributed by atoms with Crippen LogP contribution in [0.4, 0.5) is 0 Å². The number of hydrogen-bond acceptors (Lipinski definition) is 3. The Hall–Kier alpha value is -1.86. The van der Waals surface area contributed by atoms with E-state index in [1.54, 1.807) is 11.8 Å². The average Bonchev–Trinajstić information content (AvgIpc) is 2.74. The molecule has 0 spiro atoms. The predicted octanol–water partition coefficient (Wildman–Crippen LogP) is 5.34. The summed E-state index contributed by atoms with van der Waals surface area (Å²) in [5, 5.41) is 2.92. The van der Waals surface area contributed by atoms with Gasteiger partial charge in [0.05, 0.1) is 4.47 Å². The maximum Gasteiger partial charge on any atom is 0.261 e. The van der Waals surface area contributed by atoms with E-state index in [-0.39, 0.29) is 18.4 Å². The molecule has 1 atom stereocenters. The second-order valence-electron chi connectivity index (χ2n) is 7.87. The van der Waals surface area contributed by atoms with Gasteiger partial charge in [-0.15, -0.1) is 0 Å². The Labute approximate surface area is 201 Å². The molecular weight excluding hydrogens is 524 g/mol. The molecule has 2 aromatic carbocycles. The van der Waals surface area contributed by atoms with Crippen molar-refractivity contribution in [1.82, 2.24) is 10.2 Å². The molecule has 0 saturated carbocycles. The monoisotopic (exact) mass is 552 g/mol. The van der Waals surface area contributed by atoms with E-state index in [1.807, 2.05) is 56.3 Å². The second kappa shape index (κ2) is 12.2. The number of amides is 2. The Morgan fingerprint density at radius 3 is 2.42 bits per heavy atom. The molecule has 7 heteroatoms. The summed E-state index contributed by atoms with van der Waals surface area (Å²) in [4.78, 5) is 27.4. The van der Waals surface area contributed by atoms with Crippen LogP contribution in [0.25, 0.3) is 0 Å². The van der Waals surface area contributed by atoms with Crippen molar-refractivity contribution in [3.05, 3.63) is 62.5 Å². The van der Waals surface area contributed by atoms with Gasteiger partial charge in [0, 0.05) is 17.6 Å². The van der Waals surface area contributed by atoms with Crippen LogP contribution in [0.5, 0.6) is 5.75 Å². The van der Waals surface area contributed by atoms with Gasteiger partial charge in [0.2, 0.25) is 5.91 Å². The zero-order chi connectivity index (χ0) is 23.0. The third-order valence-corrected chi connectivity index (χ3v) is 5.96. The lowest BCUT2D eigenvalue weighted by Gasteiger charge is -2.29. The maximum absolute atomic E-state index is 13.1. The summed E-state index contributed by atoms with van der Waals surface area (Å²) in [6, 6.07) is 12.9. The van der Waals surface area contributed by atoms with Crippen LogP contribution in [-0.2, 0) is 22.6 Å². The van der Waals surface area contributed by atoms with Gasteiger partial charge in [0.15, 0.2) is 6.61 Å². The number of aryl methyl sites for hydroxylation is 1. The van der Waals surface area contributed by atoms with E-state index in [0.29, 0.717) is 24.8 Å². The van der Waals surface area contributed by atoms with Crippen LogP contribution in [0.3, 0.4) is 0 Å². The molecule has 2 amide bonds. The molecule has 1 N–H and O–H groups in total. The first kappa shape index (κ1) is 25.4. The molecule has 0 radical (unpaired) electrons. The van der Waals surface area contributed by atoms with Gasteiger partial charge in [-0.05, 0) is 70.6 Å². The van der Waals surface area contributed by atoms with Crippen LogP contribution < -0.4 is 10.1 Å². The van der Waals surface area contributed by atoms with Gasteiger partial charge in [-0.25, -0.2) is 0 Å². The molecule has 2 aromatic rings. The van der Waals surface area contributed by atoms with E-state index in [9.17, 15) is 9.59 Å². The zero-order valence-corrected chi connectivity index (χ0v) is 21.6. The number of rotatable bonds is 10. The minimum Gasteiger partial charge on any atom is -0.483 e. The minimum absolute atomic E-state index is 0.153. The number of ether oxygens (including phenoxy) is 1. The number of carbonyl (C=O) groups excluding carboxylic acids is 2. The first-order valence-corrected chi connectivity index (χ1v) is 12.0. The molecule has 168 valence electrons. The van der Waals surface area contributed by atoms with Crippen molar-refractivity contribution in [2.24, 2.45) is 5.92 Å². The van der Waals surface area contributed by atoms with Crippen molar-refractivity contribution in [2.45, 2.75) is 46.7 Å². The van der Waals surface area contributed by atoms with Gasteiger partial charge in [-0.3, -0.25) is 9.59 Å². The smallest absolute Gasteiger partial charge is 0.261 e. The number of nitrogens with zero attached hydrogens (tertiary/aromatic N) is 1. The fraction of sp³-hybridized carbons (Fsp3) is 0.417. The number of halogens is 2. The van der Waals surface area contributed by atoms with Gasteiger partial charge >= 0.3 is 0 Å². The Morgan fingerprint density at radius 2 is 1.81 bits per heavy atom. The third-order valence-electron chi connectivity index (χ3n) is 4.85. The summed E-state index contributed by atoms with van der Waals surface area (Å²) in [6.07, 6.45) is 0.918. The topological polar surface area (TPSA) is 58.6 Å². The van der Waals surface area contributed by atoms with Crippen LogP contribution in [0.1, 0.15) is 38.8 Å². The highest BCUT2D eigenvalue weighted by Crippen LogP contribution is 2.26. The van der Waals surface area contributed by atoms with E-state index >= 15 is 0 Å². The van der Waals surface area contributed by atoms with Crippen LogP contribution in [0, 0.1) is 5.92 Å². The Bertz CT molecular complexity index is 902. The summed E-state index contributed by atoms with van der Waals surface area (Å²) in [5.41, 5.74) is 2.11. The van der Waals surface area contributed by atoms with E-state index in [1.165, 1.54) is 5.56 Å². The van der Waals surface area contributed by atoms with E-state index in [0.717, 1.165) is 20.9 Å². The fourth-order valence-corrected chi connectivity index (χ4v) is 3.96. The molecule has 31 heavy (non-hydrogen) atoms. The Kier molecular flexibility index (Phi) is 10.0. The lowest BCUT2D eigenvalue weighted by molar-refractivity contribution is -0.142. The van der Waals surface area contributed by atoms with Crippen molar-refractivity contribution < 1.29 is 14.3 Å². The molecule has 0 aliphatic rings. The molecule has 0 saturated heterocycles. The van der Waals surface area contributed by atoms with Crippen LogP contribution in [-0.4, -0.2) is 35.9 Å². The normalized spacial score (nSPS) is 11.8. The molecule has 0 unspecified atom stereocenters. The van der Waals surface area contributed by atoms with E-state index in [4.69, 9.17) is 4.74 Å². The summed E-state index contributed by atoms with van der Waals surface area (Å²) >= 11 is 6.97. The average molecular weight is 554 g/mol. The first-order valence-electron chi connectivity index (χ1n) is 10.4. The van der Waals surface area contributed by atoms with E-state index in [2.05, 4.69) is 44.1 Å². The lowest BCUT2D eigenvalue weighted by Crippen LogP contribution is -2.49. The van der Waals surface area contributed by atoms with Crippen molar-refractivity contribution in [2.75, 3.05) is 13.2 Å². The SMILES string of the molecule is CCc1ccc(OCC(=O)N(Cc2cccc(Br)c2)[C@H](C)C(=O)NCC(C)C)c(Br)c1. The zero-order valence-electron chi connectivity index (χ0n) is 18.5. The standard InChI is InChI=1S/C24H30Br2N2O3/c1-5-18-9-10-22(21(26)12-18)31-15-23(29)28(14-19-7-6-8-20(25)11-19)17(4)24(30)27-13-16(2)3/h6-12,16-17H,5,13-15H2,1-4H3,(H,27,30)/t17-/m1/s1. The fourth-order valence-electron chi connectivity index (χ4n) is 2.97. The molecular formula is C24H30Br2N2O3. The van der Waals surface area contributed by atoms with Gasteiger partial charge in [-0.1, -0.05) is 54.9 Å². The number of carbonyl (C=O) groups is 2. The molecule has 5 nitrogen and oxygen atoms in total. The molecule has 0 aromatic heterocycles. The van der Waals surface area contributed by atoms with Gasteiger partial charge in [0.25, 0.3) is 5.91 Å². The molecule has 0 bridgehead atoms. The highest BCUT2D eigenvalue weighted by Gasteiger charge is 2.26. The summed E-state index contributed by atoms with van der Waals surface area (Å²) < 4.78 is 7.52. The third kappa shape index (κ3) is 7.96. The van der Waals surface area contributed by atoms with Crippen molar-refractivity contribution >= 4 is 43.7 Å². The quantitative estimate of drug-likeness (QED) is 0.432. The minimum atomic E-state index is -0.625. The number of nitrogens with one attached hydrogen (secondary N) is 1. The van der Waals surface area contributed by atoms with Crippen molar-refractivity contribution in [3.8, 4) is 5.75 Å². The van der Waals surface area contributed by atoms with Gasteiger partial charge in [-0.2, -0.15) is 0 Å². The first-order chi connectivity index (χ1) is 14.7. The lowest BCUT2D eigenvalue weighted by atomic mass is 10.1. The largest absolute Gasteiger partial charge is 0.483 e. The second-order valence-corrected chi connectivity index (χ2v) is 9.64. The van der Waals surface area contributed by atoms with Crippen LogP contribution >= 0.6 is 31.9 Å². The summed E-state index contributed by atoms with van der Waals surface area (Å²) in [6.45, 7) is 8.62. The highest BCUT2D eigenvalue weighted by molar-refractivity contribution is 9.10. The molecule has 0 aliphatic heterocycles. The maximum atomic E-state index is 13.1. The summed E-state index contributed by atoms with van der Waals surface area (Å²) in [7, 11) is 0. The van der Waals surface area contributed by atoms with Crippen molar-refractivity contribution in [3.63, 3.8) is 0 Å². The molecule has 0 heterocycles. The highest BCUT2D eigenvalue weighted by atomic mass is 79.9. The van der Waals surface area contributed by atoms with Crippen LogP contribution in [0.15, 0.2) is 51.4 Å². The van der Waals surface area contributed by atoms with E-state index < -0.39 is 6.04 Å². The van der Waals surface area contributed by atoms with Gasteiger partial charge in [0.1, 0.15) is 11.8 Å². The summed E-state index contributed by atoms with van der Waals surface area (Å²) in [5.74, 6) is 0.506. The number of hydrogen-bond donors (Lipinski definition) is 1. The predicted molar refractivity (Wildman–Crippen MR) is 131 cm³/mol. The van der Waals surface area contributed by atoms with Gasteiger partial charge < -0.3 is 15.0 Å². The Balaban J connectivity index is 2.15. The molecule has 0 fully saturated rings. The molecule has 2 rings (SSSR count).